The molecule has 0 fully saturated rings. The van der Waals surface area contributed by atoms with Gasteiger partial charge in [-0.05, 0) is 39.8 Å². The molecular formula is C19H20N4O4. The van der Waals surface area contributed by atoms with Crippen molar-refractivity contribution in [3.8, 4) is 0 Å². The van der Waals surface area contributed by atoms with Gasteiger partial charge in [0.25, 0.3) is 17.4 Å². The lowest BCUT2D eigenvalue weighted by Gasteiger charge is -2.13. The zero-order valence-electron chi connectivity index (χ0n) is 15.5. The van der Waals surface area contributed by atoms with E-state index in [-0.39, 0.29) is 17.3 Å². The Balaban J connectivity index is 1.92. The summed E-state index contributed by atoms with van der Waals surface area (Å²) in [5.41, 5.74) is 4.82. The van der Waals surface area contributed by atoms with Gasteiger partial charge in [-0.25, -0.2) is 4.68 Å². The molecule has 0 radical (unpaired) electrons. The van der Waals surface area contributed by atoms with Gasteiger partial charge in [0, 0.05) is 5.39 Å². The van der Waals surface area contributed by atoms with Gasteiger partial charge in [-0.3, -0.25) is 25.2 Å². The first-order valence-corrected chi connectivity index (χ1v) is 8.49. The third-order valence-corrected chi connectivity index (χ3v) is 4.11. The van der Waals surface area contributed by atoms with Gasteiger partial charge in [0.1, 0.15) is 11.5 Å². The Morgan fingerprint density at radius 2 is 1.70 bits per heavy atom. The minimum Gasteiger partial charge on any atom is -0.466 e. The Kier molecular flexibility index (Phi) is 4.81. The molecule has 3 aromatic rings. The molecule has 0 bridgehead atoms. The molecule has 140 valence electrons. The van der Waals surface area contributed by atoms with Gasteiger partial charge < -0.3 is 4.42 Å². The molecule has 8 nitrogen and oxygen atoms in total. The van der Waals surface area contributed by atoms with Crippen molar-refractivity contribution in [1.29, 1.82) is 0 Å². The molecule has 0 atom stereocenters. The number of carbonyl (C=O) groups is 2. The van der Waals surface area contributed by atoms with Crippen LogP contribution in [0.5, 0.6) is 0 Å². The van der Waals surface area contributed by atoms with Gasteiger partial charge >= 0.3 is 0 Å². The molecule has 0 aliphatic heterocycles. The van der Waals surface area contributed by atoms with Crippen LogP contribution in [0.15, 0.2) is 39.5 Å². The average Bonchev–Trinajstić information content (AvgIpc) is 2.98. The summed E-state index contributed by atoms with van der Waals surface area (Å²) >= 11 is 0. The highest BCUT2D eigenvalue weighted by molar-refractivity contribution is 6.06. The minimum absolute atomic E-state index is 0.0549. The summed E-state index contributed by atoms with van der Waals surface area (Å²) in [5, 5.41) is 5.00. The van der Waals surface area contributed by atoms with E-state index >= 15 is 0 Å². The number of hydrazine groups is 1. The van der Waals surface area contributed by atoms with E-state index in [9.17, 15) is 14.4 Å². The third kappa shape index (κ3) is 3.46. The van der Waals surface area contributed by atoms with Crippen molar-refractivity contribution < 1.29 is 14.0 Å². The molecule has 2 aromatic heterocycles. The number of nitrogens with one attached hydrogen (secondary N) is 2. The summed E-state index contributed by atoms with van der Waals surface area (Å²) < 4.78 is 6.57. The van der Waals surface area contributed by atoms with E-state index in [0.717, 1.165) is 0 Å². The maximum absolute atomic E-state index is 12.6. The molecule has 0 saturated carbocycles. The van der Waals surface area contributed by atoms with Crippen molar-refractivity contribution in [2.45, 2.75) is 33.7 Å². The third-order valence-electron chi connectivity index (χ3n) is 4.11. The van der Waals surface area contributed by atoms with E-state index < -0.39 is 11.8 Å². The number of nitrogens with zero attached hydrogens (tertiary/aromatic N) is 2. The predicted octanol–water partition coefficient (Wildman–Crippen LogP) is 2.26. The van der Waals surface area contributed by atoms with Crippen molar-refractivity contribution in [3.63, 3.8) is 0 Å². The van der Waals surface area contributed by atoms with E-state index in [0.29, 0.717) is 27.9 Å². The summed E-state index contributed by atoms with van der Waals surface area (Å²) in [6.45, 7) is 7.00. The number of aryl methyl sites for hydroxylation is 2. The van der Waals surface area contributed by atoms with E-state index in [2.05, 4.69) is 16.0 Å². The predicted molar refractivity (Wildman–Crippen MR) is 99.5 cm³/mol. The lowest BCUT2D eigenvalue weighted by Crippen LogP contribution is -2.43. The van der Waals surface area contributed by atoms with Crippen LogP contribution < -0.4 is 16.4 Å². The van der Waals surface area contributed by atoms with Crippen LogP contribution in [-0.4, -0.2) is 21.6 Å². The number of rotatable bonds is 3. The van der Waals surface area contributed by atoms with Crippen LogP contribution in [0.1, 0.15) is 52.3 Å². The second-order valence-corrected chi connectivity index (χ2v) is 6.47. The number of benzene rings is 1. The van der Waals surface area contributed by atoms with Crippen molar-refractivity contribution >= 4 is 22.6 Å². The molecule has 0 spiro atoms. The number of furan rings is 1. The Morgan fingerprint density at radius 1 is 1.07 bits per heavy atom. The molecule has 0 aliphatic rings. The van der Waals surface area contributed by atoms with E-state index in [1.54, 1.807) is 58.0 Å². The van der Waals surface area contributed by atoms with Gasteiger partial charge in [-0.2, -0.15) is 5.10 Å². The van der Waals surface area contributed by atoms with Gasteiger partial charge in [0.15, 0.2) is 5.69 Å². The van der Waals surface area contributed by atoms with Gasteiger partial charge in [0.2, 0.25) is 0 Å². The molecule has 27 heavy (non-hydrogen) atoms. The zero-order valence-corrected chi connectivity index (χ0v) is 15.5. The van der Waals surface area contributed by atoms with E-state index in [1.165, 1.54) is 4.68 Å². The Morgan fingerprint density at radius 3 is 2.30 bits per heavy atom. The summed E-state index contributed by atoms with van der Waals surface area (Å²) in [7, 11) is 0. The van der Waals surface area contributed by atoms with Crippen LogP contribution >= 0.6 is 0 Å². The summed E-state index contributed by atoms with van der Waals surface area (Å²) in [5.74, 6) is -0.0668. The summed E-state index contributed by atoms with van der Waals surface area (Å²) in [4.78, 5) is 37.4. The SMILES string of the molecule is Cc1cc(C(=O)NNC(=O)c2nn(C(C)C)c(=O)c3ccccc23)c(C)o1. The molecule has 0 aliphatic carbocycles. The lowest BCUT2D eigenvalue weighted by atomic mass is 10.1. The molecular weight excluding hydrogens is 348 g/mol. The smallest absolute Gasteiger partial charge is 0.290 e. The van der Waals surface area contributed by atoms with Crippen molar-refractivity contribution in [1.82, 2.24) is 20.6 Å². The number of hydrogen-bond donors (Lipinski definition) is 2. The summed E-state index contributed by atoms with van der Waals surface area (Å²) in [6, 6.07) is 8.10. The second-order valence-electron chi connectivity index (χ2n) is 6.47. The Bertz CT molecular complexity index is 1090. The van der Waals surface area contributed by atoms with Crippen molar-refractivity contribution in [2.24, 2.45) is 0 Å². The highest BCUT2D eigenvalue weighted by atomic mass is 16.3. The number of hydrogen-bond acceptors (Lipinski definition) is 5. The first-order chi connectivity index (χ1) is 12.8. The molecule has 0 saturated heterocycles. The van der Waals surface area contributed by atoms with E-state index in [4.69, 9.17) is 4.42 Å². The molecule has 0 unspecified atom stereocenters. The van der Waals surface area contributed by atoms with Crippen LogP contribution in [0.2, 0.25) is 0 Å². The fourth-order valence-corrected chi connectivity index (χ4v) is 2.82. The van der Waals surface area contributed by atoms with Crippen LogP contribution in [-0.2, 0) is 0 Å². The highest BCUT2D eigenvalue weighted by Crippen LogP contribution is 2.15. The first-order valence-electron chi connectivity index (χ1n) is 8.49. The van der Waals surface area contributed by atoms with Crippen molar-refractivity contribution in [2.75, 3.05) is 0 Å². The molecule has 2 heterocycles. The number of aromatic nitrogens is 2. The highest BCUT2D eigenvalue weighted by Gasteiger charge is 2.19. The van der Waals surface area contributed by atoms with Gasteiger partial charge in [-0.15, -0.1) is 0 Å². The quantitative estimate of drug-likeness (QED) is 0.690. The largest absolute Gasteiger partial charge is 0.466 e. The molecule has 2 N–H and O–H groups in total. The Hall–Kier alpha value is -3.42. The number of fused-ring (bicyclic) bond motifs is 1. The second kappa shape index (κ2) is 7.06. The Labute approximate surface area is 155 Å². The van der Waals surface area contributed by atoms with Crippen molar-refractivity contribution in [3.05, 3.63) is 63.5 Å². The zero-order chi connectivity index (χ0) is 19.7. The average molecular weight is 368 g/mol. The van der Waals surface area contributed by atoms with Crippen LogP contribution in [0.3, 0.4) is 0 Å². The number of carbonyl (C=O) groups excluding carboxylic acids is 2. The molecule has 1 aromatic carbocycles. The van der Waals surface area contributed by atoms with Crippen LogP contribution in [0.4, 0.5) is 0 Å². The van der Waals surface area contributed by atoms with E-state index in [1.807, 2.05) is 0 Å². The normalized spacial score (nSPS) is 11.0. The molecule has 3 rings (SSSR count). The lowest BCUT2D eigenvalue weighted by molar-refractivity contribution is 0.0842. The van der Waals surface area contributed by atoms with Crippen LogP contribution in [0, 0.1) is 13.8 Å². The molecule has 8 heteroatoms. The monoisotopic (exact) mass is 368 g/mol. The first kappa shape index (κ1) is 18.4. The minimum atomic E-state index is -0.619. The van der Waals surface area contributed by atoms with Gasteiger partial charge in [-0.1, -0.05) is 18.2 Å². The number of amides is 2. The van der Waals surface area contributed by atoms with Crippen LogP contribution in [0.25, 0.3) is 10.8 Å². The topological polar surface area (TPSA) is 106 Å². The fraction of sp³-hybridized carbons (Fsp3) is 0.263. The standard InChI is InChI=1S/C19H20N4O4/c1-10(2)23-19(26)14-8-6-5-7-13(14)16(22-23)18(25)21-20-17(24)15-9-11(3)27-12(15)4/h5-10H,1-4H3,(H,20,24)(H,21,25). The maximum Gasteiger partial charge on any atom is 0.290 e. The summed E-state index contributed by atoms with van der Waals surface area (Å²) in [6.07, 6.45) is 0. The molecule has 2 amide bonds. The van der Waals surface area contributed by atoms with Gasteiger partial charge in [0.05, 0.1) is 17.0 Å². The maximum atomic E-state index is 12.6. The fourth-order valence-electron chi connectivity index (χ4n) is 2.82.